The van der Waals surface area contributed by atoms with Gasteiger partial charge in [0.05, 0.1) is 6.10 Å². The van der Waals surface area contributed by atoms with Crippen LogP contribution in [0.5, 0.6) is 0 Å². The van der Waals surface area contributed by atoms with Crippen molar-refractivity contribution in [1.82, 2.24) is 4.90 Å². The van der Waals surface area contributed by atoms with Gasteiger partial charge in [0.25, 0.3) is 0 Å². The molecule has 3 heteroatoms. The summed E-state index contributed by atoms with van der Waals surface area (Å²) < 4.78 is 0. The van der Waals surface area contributed by atoms with Gasteiger partial charge in [0.1, 0.15) is 0 Å². The summed E-state index contributed by atoms with van der Waals surface area (Å²) in [6.07, 6.45) is 4.41. The Morgan fingerprint density at radius 3 is 2.21 bits per heavy atom. The van der Waals surface area contributed by atoms with Gasteiger partial charge in [-0.05, 0) is 45.4 Å². The van der Waals surface area contributed by atoms with Crippen LogP contribution in [-0.2, 0) is 4.79 Å². The Morgan fingerprint density at radius 1 is 1.11 bits per heavy atom. The van der Waals surface area contributed by atoms with Gasteiger partial charge in [0.15, 0.2) is 0 Å². The molecule has 0 saturated carbocycles. The molecule has 0 aromatic rings. The molecule has 1 amide bonds. The number of hydrogen-bond donors (Lipinski definition) is 1. The fourth-order valence-electron chi connectivity index (χ4n) is 2.36. The highest BCUT2D eigenvalue weighted by Gasteiger charge is 2.18. The van der Waals surface area contributed by atoms with Crippen molar-refractivity contribution in [3.63, 3.8) is 0 Å². The monoisotopic (exact) mass is 267 g/mol. The predicted molar refractivity (Wildman–Crippen MR) is 78.9 cm³/mol. The van der Waals surface area contributed by atoms with Crippen molar-refractivity contribution >= 4 is 5.91 Å². The number of nitrogens with zero attached hydrogens (tertiary/aromatic N) is 1. The molecule has 1 aliphatic rings. The van der Waals surface area contributed by atoms with E-state index in [9.17, 15) is 9.90 Å². The Morgan fingerprint density at radius 2 is 1.68 bits per heavy atom. The molecule has 3 nitrogen and oxygen atoms in total. The van der Waals surface area contributed by atoms with Crippen LogP contribution >= 0.6 is 0 Å². The van der Waals surface area contributed by atoms with Crippen LogP contribution in [0.2, 0.25) is 0 Å². The van der Waals surface area contributed by atoms with E-state index in [4.69, 9.17) is 0 Å². The molecule has 0 aromatic heterocycles. The molecule has 1 saturated heterocycles. The van der Waals surface area contributed by atoms with Gasteiger partial charge in [-0.2, -0.15) is 0 Å². The quantitative estimate of drug-likeness (QED) is 0.777. The van der Waals surface area contributed by atoms with E-state index in [0.29, 0.717) is 12.8 Å². The van der Waals surface area contributed by atoms with Crippen molar-refractivity contribution in [2.75, 3.05) is 13.1 Å². The molecule has 0 aromatic carbocycles. The first-order chi connectivity index (χ1) is 8.91. The summed E-state index contributed by atoms with van der Waals surface area (Å²) in [6, 6.07) is 0. The van der Waals surface area contributed by atoms with Crippen LogP contribution in [0.3, 0.4) is 0 Å². The minimum absolute atomic E-state index is 0.246. The van der Waals surface area contributed by atoms with Crippen LogP contribution < -0.4 is 0 Å². The van der Waals surface area contributed by atoms with Gasteiger partial charge < -0.3 is 10.0 Å². The second-order valence-electron chi connectivity index (χ2n) is 6.19. The van der Waals surface area contributed by atoms with Crippen LogP contribution in [0.25, 0.3) is 0 Å². The largest absolute Gasteiger partial charge is 0.393 e. The fraction of sp³-hybridized carbons (Fsp3) is 0.812. The minimum atomic E-state index is -0.306. The first-order valence-corrected chi connectivity index (χ1v) is 7.53. The van der Waals surface area contributed by atoms with Crippen LogP contribution in [0.1, 0.15) is 59.8 Å². The minimum Gasteiger partial charge on any atom is -0.393 e. The van der Waals surface area contributed by atoms with Gasteiger partial charge in [-0.15, -0.1) is 0 Å². The summed E-state index contributed by atoms with van der Waals surface area (Å²) >= 11 is 0. The van der Waals surface area contributed by atoms with Crippen LogP contribution in [0.15, 0.2) is 11.1 Å². The number of carbonyl (C=O) groups is 1. The Labute approximate surface area is 117 Å². The molecule has 1 N–H and O–H groups in total. The third-order valence-corrected chi connectivity index (χ3v) is 4.14. The molecule has 110 valence electrons. The number of amides is 1. The summed E-state index contributed by atoms with van der Waals surface area (Å²) in [7, 11) is 0. The number of likely N-dealkylation sites (tertiary alicyclic amines) is 1. The molecule has 1 aliphatic heterocycles. The van der Waals surface area contributed by atoms with E-state index in [1.165, 1.54) is 6.42 Å². The molecule has 0 spiro atoms. The molecule has 1 rings (SSSR count). The predicted octanol–water partition coefficient (Wildman–Crippen LogP) is 3.13. The van der Waals surface area contributed by atoms with Gasteiger partial charge >= 0.3 is 0 Å². The Kier molecular flexibility index (Phi) is 6.56. The Balaban J connectivity index is 2.51. The molecule has 0 bridgehead atoms. The lowest BCUT2D eigenvalue weighted by Crippen LogP contribution is -2.35. The molecule has 1 unspecified atom stereocenters. The third-order valence-electron chi connectivity index (χ3n) is 4.14. The van der Waals surface area contributed by atoms with Crippen molar-refractivity contribution in [3.8, 4) is 0 Å². The summed E-state index contributed by atoms with van der Waals surface area (Å²) in [5.41, 5.74) is 2.28. The zero-order valence-electron chi connectivity index (χ0n) is 12.9. The summed E-state index contributed by atoms with van der Waals surface area (Å²) in [4.78, 5) is 14.1. The lowest BCUT2D eigenvalue weighted by molar-refractivity contribution is -0.131. The maximum Gasteiger partial charge on any atom is 0.226 e. The molecule has 1 heterocycles. The third kappa shape index (κ3) is 5.35. The maximum atomic E-state index is 12.2. The average molecular weight is 267 g/mol. The molecule has 19 heavy (non-hydrogen) atoms. The molecule has 0 aliphatic carbocycles. The normalized spacial score (nSPS) is 19.4. The Bertz CT molecular complexity index is 328. The van der Waals surface area contributed by atoms with E-state index in [1.807, 2.05) is 32.6 Å². The highest BCUT2D eigenvalue weighted by molar-refractivity contribution is 5.78. The van der Waals surface area contributed by atoms with Crippen molar-refractivity contribution < 1.29 is 9.90 Å². The van der Waals surface area contributed by atoms with Gasteiger partial charge in [-0.1, -0.05) is 25.0 Å². The van der Waals surface area contributed by atoms with E-state index in [0.717, 1.165) is 37.1 Å². The number of aliphatic hydroxyl groups is 1. The van der Waals surface area contributed by atoms with E-state index in [1.54, 1.807) is 0 Å². The van der Waals surface area contributed by atoms with Gasteiger partial charge in [0, 0.05) is 19.5 Å². The summed E-state index contributed by atoms with van der Waals surface area (Å²) in [6.45, 7) is 9.92. The first-order valence-electron chi connectivity index (χ1n) is 7.53. The maximum absolute atomic E-state index is 12.2. The zero-order valence-corrected chi connectivity index (χ0v) is 12.9. The van der Waals surface area contributed by atoms with Gasteiger partial charge in [-0.25, -0.2) is 0 Å². The van der Waals surface area contributed by atoms with Gasteiger partial charge in [0.2, 0.25) is 5.91 Å². The Hall–Kier alpha value is -0.830. The lowest BCUT2D eigenvalue weighted by atomic mass is 9.96. The van der Waals surface area contributed by atoms with Gasteiger partial charge in [-0.3, -0.25) is 4.79 Å². The molecule has 0 radical (unpaired) electrons. The van der Waals surface area contributed by atoms with E-state index in [-0.39, 0.29) is 17.9 Å². The average Bonchev–Trinajstić information content (AvgIpc) is 2.39. The highest BCUT2D eigenvalue weighted by atomic mass is 16.3. The van der Waals surface area contributed by atoms with E-state index in [2.05, 4.69) is 0 Å². The van der Waals surface area contributed by atoms with Crippen molar-refractivity contribution in [2.24, 2.45) is 5.92 Å². The topological polar surface area (TPSA) is 40.5 Å². The number of aliphatic hydroxyl groups excluding tert-OH is 1. The number of rotatable bonds is 5. The fourth-order valence-corrected chi connectivity index (χ4v) is 2.36. The molecule has 1 atom stereocenters. The SMILES string of the molecule is C/C(CC(=O)N1CCCCC1)=C(/C)CC(O)C(C)C. The van der Waals surface area contributed by atoms with Crippen molar-refractivity contribution in [3.05, 3.63) is 11.1 Å². The van der Waals surface area contributed by atoms with E-state index < -0.39 is 0 Å². The number of piperidine rings is 1. The zero-order chi connectivity index (χ0) is 14.4. The molecular formula is C16H29NO2. The van der Waals surface area contributed by atoms with Crippen molar-refractivity contribution in [1.29, 1.82) is 0 Å². The smallest absolute Gasteiger partial charge is 0.226 e. The standard InChI is InChI=1S/C16H29NO2/c1-12(2)15(18)10-13(3)14(4)11-16(19)17-8-6-5-7-9-17/h12,15,18H,5-11H2,1-4H3/b14-13+. The second kappa shape index (κ2) is 7.68. The van der Waals surface area contributed by atoms with E-state index >= 15 is 0 Å². The second-order valence-corrected chi connectivity index (χ2v) is 6.19. The first kappa shape index (κ1) is 16.2. The number of hydrogen-bond acceptors (Lipinski definition) is 2. The van der Waals surface area contributed by atoms with Crippen molar-refractivity contribution in [2.45, 2.75) is 65.9 Å². The van der Waals surface area contributed by atoms with Crippen LogP contribution in [0.4, 0.5) is 0 Å². The highest BCUT2D eigenvalue weighted by Crippen LogP contribution is 2.19. The van der Waals surface area contributed by atoms with Crippen LogP contribution in [0, 0.1) is 5.92 Å². The molecule has 1 fully saturated rings. The summed E-state index contributed by atoms with van der Waals surface area (Å²) in [5.74, 6) is 0.510. The van der Waals surface area contributed by atoms with Crippen LogP contribution in [-0.4, -0.2) is 35.1 Å². The molecular weight excluding hydrogens is 238 g/mol. The number of carbonyl (C=O) groups excluding carboxylic acids is 1. The summed E-state index contributed by atoms with van der Waals surface area (Å²) in [5, 5.41) is 9.90. The lowest BCUT2D eigenvalue weighted by Gasteiger charge is -2.27.